The van der Waals surface area contributed by atoms with Crippen LogP contribution in [0, 0.1) is 25.2 Å². The second kappa shape index (κ2) is 12.5. The molecule has 0 bridgehead atoms. The van der Waals surface area contributed by atoms with Crippen LogP contribution >= 0.6 is 11.6 Å². The molecule has 1 N–H and O–H groups in total. The van der Waals surface area contributed by atoms with E-state index in [1.807, 2.05) is 18.2 Å². The number of nitriles is 1. The van der Waals surface area contributed by atoms with Gasteiger partial charge < -0.3 is 24.1 Å². The fourth-order valence-corrected chi connectivity index (χ4v) is 5.49. The Kier molecular flexibility index (Phi) is 8.94. The zero-order valence-corrected chi connectivity index (χ0v) is 26.7. The lowest BCUT2D eigenvalue weighted by Gasteiger charge is -2.32. The van der Waals surface area contributed by atoms with Crippen molar-refractivity contribution in [3.05, 3.63) is 99.2 Å². The third kappa shape index (κ3) is 6.27. The maximum atomic E-state index is 11.8. The molecule has 7 nitrogen and oxygen atoms in total. The molecule has 1 fully saturated rings. The van der Waals surface area contributed by atoms with E-state index in [1.54, 1.807) is 24.4 Å². The Hall–Kier alpha value is -4.03. The molecule has 9 heteroatoms. The van der Waals surface area contributed by atoms with Crippen molar-refractivity contribution in [2.24, 2.45) is 0 Å². The normalized spacial score (nSPS) is 16.8. The Labute approximate surface area is 264 Å². The summed E-state index contributed by atoms with van der Waals surface area (Å²) in [6, 6.07) is 17.7. The van der Waals surface area contributed by atoms with Gasteiger partial charge in [-0.3, -0.25) is 4.79 Å². The summed E-state index contributed by atoms with van der Waals surface area (Å²) in [7, 11) is -0.449. The van der Waals surface area contributed by atoms with Gasteiger partial charge in [0.15, 0.2) is 6.29 Å². The average Bonchev–Trinajstić information content (AvgIpc) is 3.22. The highest BCUT2D eigenvalue weighted by Gasteiger charge is 2.52. The minimum atomic E-state index is -0.449. The molecule has 3 aromatic carbocycles. The summed E-state index contributed by atoms with van der Waals surface area (Å²) >= 11 is 6.51. The van der Waals surface area contributed by atoms with E-state index in [9.17, 15) is 10.1 Å². The van der Waals surface area contributed by atoms with E-state index in [4.69, 9.17) is 30.4 Å². The molecule has 0 aromatic heterocycles. The molecule has 44 heavy (non-hydrogen) atoms. The van der Waals surface area contributed by atoms with Gasteiger partial charge >= 0.3 is 7.12 Å². The van der Waals surface area contributed by atoms with Gasteiger partial charge in [0, 0.05) is 18.8 Å². The molecule has 0 atom stereocenters. The number of dihydropyridines is 1. The summed E-state index contributed by atoms with van der Waals surface area (Å²) in [5.41, 5.74) is 7.23. The highest BCUT2D eigenvalue weighted by atomic mass is 35.5. The molecule has 5 rings (SSSR count). The van der Waals surface area contributed by atoms with E-state index in [0.29, 0.717) is 40.5 Å². The predicted molar refractivity (Wildman–Crippen MR) is 174 cm³/mol. The first-order valence-electron chi connectivity index (χ1n) is 14.6. The molecule has 0 amide bonds. The van der Waals surface area contributed by atoms with Gasteiger partial charge in [-0.25, -0.2) is 0 Å². The molecule has 0 spiro atoms. The predicted octanol–water partition coefficient (Wildman–Crippen LogP) is 6.63. The van der Waals surface area contributed by atoms with Gasteiger partial charge in [0.25, 0.3) is 0 Å². The van der Waals surface area contributed by atoms with E-state index < -0.39 is 18.3 Å². The molecule has 0 aliphatic carbocycles. The van der Waals surface area contributed by atoms with Crippen LogP contribution in [0.2, 0.25) is 5.02 Å². The van der Waals surface area contributed by atoms with Crippen LogP contribution in [0.4, 0.5) is 0 Å². The number of benzene rings is 3. The Morgan fingerprint density at radius 2 is 1.64 bits per heavy atom. The smallest absolute Gasteiger partial charge is 0.488 e. The lowest BCUT2D eigenvalue weighted by Crippen LogP contribution is -2.41. The van der Waals surface area contributed by atoms with Crippen LogP contribution in [-0.2, 0) is 15.9 Å². The SMILES string of the molecule is Cc1c(COc2cc(OCC3=CC(C#N)=CNC3)c(C=O)cc2Cl)cccc1-c1cccc(B2OC(C)(C)C(C)(C)O2)c1C. The number of aldehydes is 1. The minimum Gasteiger partial charge on any atom is -0.488 e. The third-order valence-corrected chi connectivity index (χ3v) is 8.98. The van der Waals surface area contributed by atoms with Crippen LogP contribution in [-0.4, -0.2) is 37.8 Å². The molecule has 1 saturated heterocycles. The molecule has 2 aliphatic heterocycles. The maximum absolute atomic E-state index is 11.8. The van der Waals surface area contributed by atoms with Crippen LogP contribution in [0.1, 0.15) is 54.7 Å². The van der Waals surface area contributed by atoms with Crippen LogP contribution < -0.4 is 20.3 Å². The summed E-state index contributed by atoms with van der Waals surface area (Å²) in [6.07, 6.45) is 4.13. The minimum absolute atomic E-state index is 0.208. The fraction of sp³-hybridized carbons (Fsp3) is 0.314. The quantitative estimate of drug-likeness (QED) is 0.215. The molecule has 0 radical (unpaired) electrons. The summed E-state index contributed by atoms with van der Waals surface area (Å²) in [6.45, 7) is 13.4. The lowest BCUT2D eigenvalue weighted by atomic mass is 9.74. The second-order valence-corrected chi connectivity index (χ2v) is 12.5. The first-order chi connectivity index (χ1) is 20.9. The second-order valence-electron chi connectivity index (χ2n) is 12.1. The Morgan fingerprint density at radius 3 is 2.32 bits per heavy atom. The third-order valence-electron chi connectivity index (χ3n) is 8.68. The zero-order valence-electron chi connectivity index (χ0n) is 25.9. The van der Waals surface area contributed by atoms with Crippen LogP contribution in [0.25, 0.3) is 11.1 Å². The van der Waals surface area contributed by atoms with Crippen molar-refractivity contribution in [2.45, 2.75) is 59.4 Å². The number of allylic oxidation sites excluding steroid dienone is 2. The fourth-order valence-electron chi connectivity index (χ4n) is 5.27. The number of ether oxygens (including phenoxy) is 2. The van der Waals surface area contributed by atoms with Gasteiger partial charge in [0.2, 0.25) is 0 Å². The number of carbonyl (C=O) groups excluding carboxylic acids is 1. The first kappa shape index (κ1) is 31.4. The highest BCUT2D eigenvalue weighted by molar-refractivity contribution is 6.62. The van der Waals surface area contributed by atoms with Crippen molar-refractivity contribution in [1.29, 1.82) is 5.26 Å². The summed E-state index contributed by atoms with van der Waals surface area (Å²) in [4.78, 5) is 11.8. The van der Waals surface area contributed by atoms with Crippen molar-refractivity contribution in [3.8, 4) is 28.7 Å². The van der Waals surface area contributed by atoms with Gasteiger partial charge in [-0.15, -0.1) is 0 Å². The van der Waals surface area contributed by atoms with E-state index in [1.165, 1.54) is 0 Å². The topological polar surface area (TPSA) is 89.8 Å². The standard InChI is InChI=1S/C35H36BClN2O5/c1-22-26(9-7-10-28(22)29-11-8-12-30(23(29)2)36-43-34(3,4)35(5,6)44-36)21-42-33-15-32(27(19-40)14-31(33)37)41-20-25-13-24(16-38)17-39-18-25/h7-15,17,19,39H,18,20-21H2,1-6H3. The van der Waals surface area contributed by atoms with Gasteiger partial charge in [0.05, 0.1) is 27.4 Å². The van der Waals surface area contributed by atoms with Gasteiger partial charge in [0.1, 0.15) is 30.8 Å². The van der Waals surface area contributed by atoms with E-state index in [2.05, 4.69) is 71.1 Å². The molecular formula is C35H36BClN2O5. The monoisotopic (exact) mass is 610 g/mol. The highest BCUT2D eigenvalue weighted by Crippen LogP contribution is 2.38. The summed E-state index contributed by atoms with van der Waals surface area (Å²) in [5, 5.41) is 12.5. The number of carbonyl (C=O) groups is 1. The molecular weight excluding hydrogens is 575 g/mol. The molecule has 2 aliphatic rings. The van der Waals surface area contributed by atoms with Crippen molar-refractivity contribution < 1.29 is 23.6 Å². The molecule has 0 unspecified atom stereocenters. The lowest BCUT2D eigenvalue weighted by molar-refractivity contribution is 0.00578. The molecule has 0 saturated carbocycles. The van der Waals surface area contributed by atoms with Crippen LogP contribution in [0.3, 0.4) is 0 Å². The Balaban J connectivity index is 1.36. The van der Waals surface area contributed by atoms with Crippen molar-refractivity contribution in [1.82, 2.24) is 5.32 Å². The number of rotatable bonds is 9. The van der Waals surface area contributed by atoms with Gasteiger partial charge in [-0.1, -0.05) is 48.0 Å². The number of hydrogen-bond donors (Lipinski definition) is 1. The van der Waals surface area contributed by atoms with Crippen molar-refractivity contribution in [2.75, 3.05) is 13.2 Å². The Bertz CT molecular complexity index is 1690. The number of hydrogen-bond acceptors (Lipinski definition) is 7. The number of halogens is 1. The van der Waals surface area contributed by atoms with Crippen molar-refractivity contribution in [3.63, 3.8) is 0 Å². The van der Waals surface area contributed by atoms with E-state index in [0.717, 1.165) is 38.9 Å². The first-order valence-corrected chi connectivity index (χ1v) is 14.9. The molecule has 226 valence electrons. The summed E-state index contributed by atoms with van der Waals surface area (Å²) < 4.78 is 24.9. The number of nitrogens with zero attached hydrogens (tertiary/aromatic N) is 1. The maximum Gasteiger partial charge on any atom is 0.495 e. The van der Waals surface area contributed by atoms with E-state index >= 15 is 0 Å². The molecule has 2 heterocycles. The van der Waals surface area contributed by atoms with Gasteiger partial charge in [-0.2, -0.15) is 5.26 Å². The Morgan fingerprint density at radius 1 is 0.977 bits per heavy atom. The largest absolute Gasteiger partial charge is 0.495 e. The zero-order chi connectivity index (χ0) is 31.6. The van der Waals surface area contributed by atoms with Gasteiger partial charge in [-0.05, 0) is 92.5 Å². The van der Waals surface area contributed by atoms with E-state index in [-0.39, 0.29) is 13.2 Å². The summed E-state index contributed by atoms with van der Waals surface area (Å²) in [5.74, 6) is 0.762. The van der Waals surface area contributed by atoms with Crippen LogP contribution in [0.5, 0.6) is 11.5 Å². The molecule has 3 aromatic rings. The van der Waals surface area contributed by atoms with Crippen molar-refractivity contribution >= 4 is 30.5 Å². The average molecular weight is 611 g/mol. The number of nitrogens with one attached hydrogen (secondary N) is 1. The van der Waals surface area contributed by atoms with Crippen LogP contribution in [0.15, 0.2) is 72.0 Å².